The molecule has 0 aliphatic rings. The van der Waals surface area contributed by atoms with Crippen molar-refractivity contribution in [3.8, 4) is 11.1 Å². The third kappa shape index (κ3) is 4.54. The zero-order valence-electron chi connectivity index (χ0n) is 17.6. The molecule has 4 heteroatoms. The highest BCUT2D eigenvalue weighted by Gasteiger charge is 2.23. The van der Waals surface area contributed by atoms with E-state index in [-0.39, 0.29) is 11.1 Å². The standard InChI is InChI=1S/C27H20O4/c28-26(29)23-13-7-8-14-24(23)27(30)31-25(21-11-5-2-6-12-21)22-17-15-20(16-18-22)19-9-3-1-4-10-19/h1-18,25H,(H,28,29)/i25D. The molecular formula is C27H20O4. The minimum atomic E-state index is -1.86. The zero-order chi connectivity index (χ0) is 22.6. The third-order valence-electron chi connectivity index (χ3n) is 4.86. The van der Waals surface area contributed by atoms with Gasteiger partial charge in [-0.25, -0.2) is 9.59 Å². The smallest absolute Gasteiger partial charge is 0.339 e. The van der Waals surface area contributed by atoms with Gasteiger partial charge < -0.3 is 9.84 Å². The molecule has 0 radical (unpaired) electrons. The Morgan fingerprint density at radius 2 is 1.13 bits per heavy atom. The van der Waals surface area contributed by atoms with Gasteiger partial charge in [-0.05, 0) is 34.4 Å². The Morgan fingerprint density at radius 3 is 1.74 bits per heavy atom. The van der Waals surface area contributed by atoms with Crippen molar-refractivity contribution in [3.63, 3.8) is 0 Å². The SMILES string of the molecule is [2H]C(OC(=O)c1ccccc1C(=O)O)(c1ccccc1)c1ccc(-c2ccccc2)cc1. The fraction of sp³-hybridized carbons (Fsp3) is 0.0370. The number of esters is 1. The van der Waals surface area contributed by atoms with Crippen LogP contribution in [0.3, 0.4) is 0 Å². The van der Waals surface area contributed by atoms with Crippen molar-refractivity contribution in [1.29, 1.82) is 0 Å². The predicted molar refractivity (Wildman–Crippen MR) is 119 cm³/mol. The maximum absolute atomic E-state index is 13.0. The molecule has 4 aromatic rings. The molecule has 31 heavy (non-hydrogen) atoms. The van der Waals surface area contributed by atoms with Gasteiger partial charge in [0.2, 0.25) is 0 Å². The topological polar surface area (TPSA) is 63.6 Å². The number of hydrogen-bond acceptors (Lipinski definition) is 3. The predicted octanol–water partition coefficient (Wildman–Crippen LogP) is 6.00. The monoisotopic (exact) mass is 409 g/mol. The first-order chi connectivity index (χ1) is 15.5. The van der Waals surface area contributed by atoms with Crippen LogP contribution in [0.15, 0.2) is 109 Å². The molecule has 0 bridgehead atoms. The second kappa shape index (κ2) is 9.09. The largest absolute Gasteiger partial charge is 0.478 e. The maximum Gasteiger partial charge on any atom is 0.339 e. The summed E-state index contributed by atoms with van der Waals surface area (Å²) in [5, 5.41) is 9.43. The number of ether oxygens (including phenoxy) is 1. The molecule has 0 fully saturated rings. The number of aromatic carboxylic acids is 1. The summed E-state index contributed by atoms with van der Waals surface area (Å²) in [6.07, 6.45) is -1.86. The van der Waals surface area contributed by atoms with Crippen LogP contribution in [0.2, 0.25) is 0 Å². The highest BCUT2D eigenvalue weighted by Crippen LogP contribution is 2.30. The molecule has 0 saturated heterocycles. The van der Waals surface area contributed by atoms with Crippen LogP contribution >= 0.6 is 0 Å². The average Bonchev–Trinajstić information content (AvgIpc) is 2.85. The van der Waals surface area contributed by atoms with Crippen LogP contribution < -0.4 is 0 Å². The Balaban J connectivity index is 1.74. The van der Waals surface area contributed by atoms with E-state index >= 15 is 0 Å². The number of carboxylic acid groups (broad SMARTS) is 1. The van der Waals surface area contributed by atoms with Crippen LogP contribution in [0.25, 0.3) is 11.1 Å². The minimum absolute atomic E-state index is 0.103. The number of carbonyl (C=O) groups is 2. The second-order valence-corrected chi connectivity index (χ2v) is 6.88. The maximum atomic E-state index is 13.0. The highest BCUT2D eigenvalue weighted by molar-refractivity contribution is 6.02. The number of carboxylic acids is 1. The lowest BCUT2D eigenvalue weighted by molar-refractivity contribution is 0.0371. The number of carbonyl (C=O) groups excluding carboxylic acids is 1. The van der Waals surface area contributed by atoms with Crippen LogP contribution in [0.1, 0.15) is 39.3 Å². The number of rotatable bonds is 6. The molecule has 0 aliphatic carbocycles. The van der Waals surface area contributed by atoms with Gasteiger partial charge in [0.15, 0.2) is 6.08 Å². The van der Waals surface area contributed by atoms with Crippen LogP contribution in [-0.4, -0.2) is 17.0 Å². The van der Waals surface area contributed by atoms with Crippen molar-refractivity contribution in [2.75, 3.05) is 0 Å². The first-order valence-electron chi connectivity index (χ1n) is 10.3. The van der Waals surface area contributed by atoms with Crippen molar-refractivity contribution >= 4 is 11.9 Å². The van der Waals surface area contributed by atoms with Crippen LogP contribution in [0.4, 0.5) is 0 Å². The molecule has 0 aromatic heterocycles. The van der Waals surface area contributed by atoms with Gasteiger partial charge >= 0.3 is 11.9 Å². The van der Waals surface area contributed by atoms with Crippen LogP contribution in [0.5, 0.6) is 0 Å². The van der Waals surface area contributed by atoms with E-state index in [1.165, 1.54) is 18.2 Å². The lowest BCUT2D eigenvalue weighted by atomic mass is 9.98. The summed E-state index contributed by atoms with van der Waals surface area (Å²) in [6.45, 7) is 0. The summed E-state index contributed by atoms with van der Waals surface area (Å²) in [7, 11) is 0. The van der Waals surface area contributed by atoms with Gasteiger partial charge in [-0.2, -0.15) is 0 Å². The van der Waals surface area contributed by atoms with Crippen molar-refractivity contribution in [2.24, 2.45) is 0 Å². The molecule has 4 rings (SSSR count). The zero-order valence-corrected chi connectivity index (χ0v) is 16.6. The minimum Gasteiger partial charge on any atom is -0.478 e. The van der Waals surface area contributed by atoms with E-state index in [1.807, 2.05) is 48.5 Å². The van der Waals surface area contributed by atoms with Crippen molar-refractivity contribution in [2.45, 2.75) is 6.08 Å². The van der Waals surface area contributed by atoms with Gasteiger partial charge in [-0.1, -0.05) is 97.1 Å². The molecule has 0 heterocycles. The molecule has 1 unspecified atom stereocenters. The molecule has 0 aliphatic heterocycles. The third-order valence-corrected chi connectivity index (χ3v) is 4.86. The van der Waals surface area contributed by atoms with Crippen molar-refractivity contribution < 1.29 is 20.8 Å². The Bertz CT molecular complexity index is 1240. The molecular weight excluding hydrogens is 388 g/mol. The molecule has 0 amide bonds. The van der Waals surface area contributed by atoms with Crippen LogP contribution in [0, 0.1) is 0 Å². The highest BCUT2D eigenvalue weighted by atomic mass is 16.5. The molecule has 1 N–H and O–H groups in total. The Morgan fingerprint density at radius 1 is 0.645 bits per heavy atom. The molecule has 0 saturated carbocycles. The van der Waals surface area contributed by atoms with Gasteiger partial charge in [0.05, 0.1) is 12.5 Å². The fourth-order valence-corrected chi connectivity index (χ4v) is 3.31. The molecule has 4 nitrogen and oxygen atoms in total. The number of benzene rings is 4. The first-order valence-corrected chi connectivity index (χ1v) is 9.76. The summed E-state index contributed by atoms with van der Waals surface area (Å²) >= 11 is 0. The summed E-state index contributed by atoms with van der Waals surface area (Å²) in [6, 6.07) is 31.6. The Labute approximate surface area is 181 Å². The summed E-state index contributed by atoms with van der Waals surface area (Å²) in [5.41, 5.74) is 2.62. The van der Waals surface area contributed by atoms with E-state index in [0.29, 0.717) is 11.1 Å². The quantitative estimate of drug-likeness (QED) is 0.397. The summed E-state index contributed by atoms with van der Waals surface area (Å²) < 4.78 is 14.8. The molecule has 1 atom stereocenters. The van der Waals surface area contributed by atoms with Crippen molar-refractivity contribution in [3.05, 3.63) is 131 Å². The molecule has 0 spiro atoms. The van der Waals surface area contributed by atoms with E-state index in [9.17, 15) is 14.7 Å². The van der Waals surface area contributed by atoms with E-state index in [2.05, 4.69) is 0 Å². The van der Waals surface area contributed by atoms with Gasteiger partial charge in [0.25, 0.3) is 0 Å². The summed E-state index contributed by atoms with van der Waals surface area (Å²) in [5.74, 6) is -2.12. The second-order valence-electron chi connectivity index (χ2n) is 6.88. The molecule has 4 aromatic carbocycles. The van der Waals surface area contributed by atoms with Crippen molar-refractivity contribution in [1.82, 2.24) is 0 Å². The van der Waals surface area contributed by atoms with E-state index in [4.69, 9.17) is 6.11 Å². The first kappa shape index (κ1) is 18.8. The lowest BCUT2D eigenvalue weighted by Gasteiger charge is -2.20. The molecule has 152 valence electrons. The Kier molecular flexibility index (Phi) is 5.52. The Hall–Kier alpha value is -4.18. The normalized spacial score (nSPS) is 13.0. The van der Waals surface area contributed by atoms with Gasteiger partial charge in [0.1, 0.15) is 0 Å². The van der Waals surface area contributed by atoms with Crippen LogP contribution in [-0.2, 0) is 4.74 Å². The number of hydrogen-bond donors (Lipinski definition) is 1. The van der Waals surface area contributed by atoms with E-state index in [0.717, 1.165) is 11.1 Å². The van der Waals surface area contributed by atoms with E-state index < -0.39 is 18.0 Å². The van der Waals surface area contributed by atoms with Gasteiger partial charge in [-0.15, -0.1) is 0 Å². The average molecular weight is 409 g/mol. The lowest BCUT2D eigenvalue weighted by Crippen LogP contribution is -2.16. The fourth-order valence-electron chi connectivity index (χ4n) is 3.31. The summed E-state index contributed by atoms with van der Waals surface area (Å²) in [4.78, 5) is 24.6. The van der Waals surface area contributed by atoms with Gasteiger partial charge in [-0.3, -0.25) is 0 Å². The van der Waals surface area contributed by atoms with E-state index in [1.54, 1.807) is 42.5 Å². The van der Waals surface area contributed by atoms with Gasteiger partial charge in [0, 0.05) is 0 Å².